The van der Waals surface area contributed by atoms with Gasteiger partial charge in [0.2, 0.25) is 5.91 Å². The molecule has 1 fully saturated rings. The van der Waals surface area contributed by atoms with Crippen LogP contribution in [-0.4, -0.2) is 43.0 Å². The molecule has 21 heavy (non-hydrogen) atoms. The summed E-state index contributed by atoms with van der Waals surface area (Å²) in [6.45, 7) is 5.22. The fourth-order valence-electron chi connectivity index (χ4n) is 3.54. The predicted molar refractivity (Wildman–Crippen MR) is 84.6 cm³/mol. The van der Waals surface area contributed by atoms with Crippen LogP contribution in [0.4, 0.5) is 0 Å². The molecule has 114 valence electrons. The van der Waals surface area contributed by atoms with Gasteiger partial charge in [0.15, 0.2) is 0 Å². The Morgan fingerprint density at radius 2 is 2.38 bits per heavy atom. The molecule has 2 aliphatic rings. The number of piperazine rings is 1. The lowest BCUT2D eigenvalue weighted by Crippen LogP contribution is -2.58. The lowest BCUT2D eigenvalue weighted by molar-refractivity contribution is -0.128. The van der Waals surface area contributed by atoms with E-state index in [2.05, 4.69) is 27.7 Å². The second kappa shape index (κ2) is 6.34. The highest BCUT2D eigenvalue weighted by molar-refractivity contribution is 6.30. The summed E-state index contributed by atoms with van der Waals surface area (Å²) >= 11 is 6.09. The molecule has 0 saturated carbocycles. The van der Waals surface area contributed by atoms with Gasteiger partial charge >= 0.3 is 0 Å². The number of likely N-dealkylation sites (N-methyl/N-ethyl adjacent to an activating group) is 1. The van der Waals surface area contributed by atoms with E-state index in [1.165, 1.54) is 11.1 Å². The summed E-state index contributed by atoms with van der Waals surface area (Å²) in [7, 11) is 0. The maximum atomic E-state index is 12.3. The first-order valence-corrected chi connectivity index (χ1v) is 8.11. The number of hydrogen-bond donors (Lipinski definition) is 2. The number of nitrogens with zero attached hydrogens (tertiary/aromatic N) is 1. The third kappa shape index (κ3) is 2.93. The molecule has 1 amide bonds. The van der Waals surface area contributed by atoms with Crippen LogP contribution in [0.25, 0.3) is 0 Å². The zero-order valence-electron chi connectivity index (χ0n) is 12.4. The topological polar surface area (TPSA) is 44.4 Å². The smallest absolute Gasteiger partial charge is 0.238 e. The van der Waals surface area contributed by atoms with E-state index in [0.29, 0.717) is 12.6 Å². The number of carbonyl (C=O) groups excluding carboxylic acids is 1. The number of aryl methyl sites for hydroxylation is 1. The molecule has 2 unspecified atom stereocenters. The van der Waals surface area contributed by atoms with Crippen LogP contribution in [0, 0.1) is 0 Å². The Morgan fingerprint density at radius 3 is 3.19 bits per heavy atom. The summed E-state index contributed by atoms with van der Waals surface area (Å²) in [6.07, 6.45) is 2.12. The van der Waals surface area contributed by atoms with E-state index < -0.39 is 0 Å². The molecular formula is C16H22ClN3O. The van der Waals surface area contributed by atoms with Crippen molar-refractivity contribution in [2.75, 3.05) is 26.2 Å². The molecule has 1 aromatic rings. The van der Waals surface area contributed by atoms with Crippen molar-refractivity contribution in [3.8, 4) is 0 Å². The van der Waals surface area contributed by atoms with E-state index in [-0.39, 0.29) is 11.9 Å². The van der Waals surface area contributed by atoms with E-state index in [0.717, 1.165) is 37.5 Å². The SMILES string of the molecule is CCNC(=O)C1CNCCN1C1CCc2cc(Cl)ccc21. The molecule has 0 bridgehead atoms. The van der Waals surface area contributed by atoms with Crippen molar-refractivity contribution < 1.29 is 4.79 Å². The summed E-state index contributed by atoms with van der Waals surface area (Å²) in [6, 6.07) is 6.42. The van der Waals surface area contributed by atoms with Gasteiger partial charge in [0.05, 0.1) is 0 Å². The van der Waals surface area contributed by atoms with E-state index in [1.54, 1.807) is 0 Å². The number of amides is 1. The van der Waals surface area contributed by atoms with Crippen LogP contribution >= 0.6 is 11.6 Å². The fraction of sp³-hybridized carbons (Fsp3) is 0.562. The maximum absolute atomic E-state index is 12.3. The molecule has 5 heteroatoms. The minimum absolute atomic E-state index is 0.0784. The highest BCUT2D eigenvalue weighted by Gasteiger charge is 2.36. The standard InChI is InChI=1S/C16H22ClN3O/c1-2-19-16(21)15-10-18-7-8-20(15)14-6-3-11-9-12(17)4-5-13(11)14/h4-5,9,14-15,18H,2-3,6-8,10H2,1H3,(H,19,21). The average molecular weight is 308 g/mol. The van der Waals surface area contributed by atoms with Gasteiger partial charge in [0, 0.05) is 37.2 Å². The third-order valence-electron chi connectivity index (χ3n) is 4.49. The van der Waals surface area contributed by atoms with Crippen molar-refractivity contribution in [1.29, 1.82) is 0 Å². The van der Waals surface area contributed by atoms with Crippen molar-refractivity contribution >= 4 is 17.5 Å². The van der Waals surface area contributed by atoms with Crippen molar-refractivity contribution in [2.24, 2.45) is 0 Å². The quantitative estimate of drug-likeness (QED) is 0.894. The Bertz CT molecular complexity index is 534. The molecule has 1 aliphatic heterocycles. The summed E-state index contributed by atoms with van der Waals surface area (Å²) in [4.78, 5) is 14.7. The lowest BCUT2D eigenvalue weighted by Gasteiger charge is -2.39. The van der Waals surface area contributed by atoms with Crippen LogP contribution in [0.3, 0.4) is 0 Å². The second-order valence-electron chi connectivity index (χ2n) is 5.75. The summed E-state index contributed by atoms with van der Waals surface area (Å²) < 4.78 is 0. The Hall–Kier alpha value is -1.10. The number of nitrogens with one attached hydrogen (secondary N) is 2. The van der Waals surface area contributed by atoms with Crippen LogP contribution < -0.4 is 10.6 Å². The van der Waals surface area contributed by atoms with Crippen LogP contribution in [0.15, 0.2) is 18.2 Å². The highest BCUT2D eigenvalue weighted by Crippen LogP contribution is 2.38. The Balaban J connectivity index is 1.84. The second-order valence-corrected chi connectivity index (χ2v) is 6.19. The number of fused-ring (bicyclic) bond motifs is 1. The summed E-state index contributed by atoms with van der Waals surface area (Å²) in [5, 5.41) is 7.10. The fourth-order valence-corrected chi connectivity index (χ4v) is 3.73. The molecule has 2 atom stereocenters. The maximum Gasteiger partial charge on any atom is 0.238 e. The number of carbonyl (C=O) groups is 1. The first-order valence-electron chi connectivity index (χ1n) is 7.73. The number of rotatable bonds is 3. The van der Waals surface area contributed by atoms with E-state index in [9.17, 15) is 4.79 Å². The first kappa shape index (κ1) is 14.8. The average Bonchev–Trinajstić information content (AvgIpc) is 2.90. The zero-order chi connectivity index (χ0) is 14.8. The predicted octanol–water partition coefficient (Wildman–Crippen LogP) is 1.74. The van der Waals surface area contributed by atoms with Gasteiger partial charge in [-0.25, -0.2) is 0 Å². The van der Waals surface area contributed by atoms with Gasteiger partial charge in [0.25, 0.3) is 0 Å². The molecule has 1 aromatic carbocycles. The molecule has 0 radical (unpaired) electrons. The molecule has 0 spiro atoms. The van der Waals surface area contributed by atoms with Crippen LogP contribution in [-0.2, 0) is 11.2 Å². The third-order valence-corrected chi connectivity index (χ3v) is 4.73. The van der Waals surface area contributed by atoms with E-state index in [1.807, 2.05) is 13.0 Å². The number of hydrogen-bond acceptors (Lipinski definition) is 3. The van der Waals surface area contributed by atoms with E-state index >= 15 is 0 Å². The van der Waals surface area contributed by atoms with E-state index in [4.69, 9.17) is 11.6 Å². The minimum Gasteiger partial charge on any atom is -0.355 e. The van der Waals surface area contributed by atoms with Gasteiger partial charge < -0.3 is 10.6 Å². The van der Waals surface area contributed by atoms with Crippen molar-refractivity contribution in [3.63, 3.8) is 0 Å². The molecule has 1 aliphatic carbocycles. The molecule has 3 rings (SSSR count). The number of halogens is 1. The summed E-state index contributed by atoms with van der Waals surface area (Å²) in [5.74, 6) is 0.132. The van der Waals surface area contributed by atoms with Gasteiger partial charge in [-0.2, -0.15) is 0 Å². The molecule has 1 saturated heterocycles. The Morgan fingerprint density at radius 1 is 1.52 bits per heavy atom. The van der Waals surface area contributed by atoms with Crippen LogP contribution in [0.2, 0.25) is 5.02 Å². The first-order chi connectivity index (χ1) is 10.2. The summed E-state index contributed by atoms with van der Waals surface area (Å²) in [5.41, 5.74) is 2.68. The number of benzene rings is 1. The molecule has 0 aromatic heterocycles. The molecule has 1 heterocycles. The van der Waals surface area contributed by atoms with Gasteiger partial charge in [-0.1, -0.05) is 17.7 Å². The normalized spacial score (nSPS) is 25.6. The Labute approximate surface area is 130 Å². The van der Waals surface area contributed by atoms with Crippen LogP contribution in [0.1, 0.15) is 30.5 Å². The monoisotopic (exact) mass is 307 g/mol. The molecular weight excluding hydrogens is 286 g/mol. The van der Waals surface area contributed by atoms with Gasteiger partial charge in [0.1, 0.15) is 6.04 Å². The van der Waals surface area contributed by atoms with Crippen molar-refractivity contribution in [2.45, 2.75) is 31.8 Å². The largest absolute Gasteiger partial charge is 0.355 e. The van der Waals surface area contributed by atoms with Crippen molar-refractivity contribution in [3.05, 3.63) is 34.3 Å². The minimum atomic E-state index is -0.0784. The van der Waals surface area contributed by atoms with Crippen LogP contribution in [0.5, 0.6) is 0 Å². The van der Waals surface area contributed by atoms with Gasteiger partial charge in [-0.15, -0.1) is 0 Å². The molecule has 2 N–H and O–H groups in total. The highest BCUT2D eigenvalue weighted by atomic mass is 35.5. The van der Waals surface area contributed by atoms with Gasteiger partial charge in [-0.3, -0.25) is 9.69 Å². The van der Waals surface area contributed by atoms with Crippen molar-refractivity contribution in [1.82, 2.24) is 15.5 Å². The zero-order valence-corrected chi connectivity index (χ0v) is 13.1. The molecule has 4 nitrogen and oxygen atoms in total. The van der Waals surface area contributed by atoms with Gasteiger partial charge in [-0.05, 0) is 43.0 Å². The lowest BCUT2D eigenvalue weighted by atomic mass is 10.0. The Kier molecular flexibility index (Phi) is 4.48.